The largest absolute Gasteiger partial charge is 0.344 e. The van der Waals surface area contributed by atoms with E-state index in [0.717, 1.165) is 38.3 Å². The van der Waals surface area contributed by atoms with Crippen LogP contribution in [0.15, 0.2) is 82.1 Å². The molecule has 3 aromatic carbocycles. The van der Waals surface area contributed by atoms with Gasteiger partial charge in [0.1, 0.15) is 5.82 Å². The van der Waals surface area contributed by atoms with Crippen molar-refractivity contribution in [2.45, 2.75) is 30.1 Å². The fourth-order valence-corrected chi connectivity index (χ4v) is 6.30. The number of benzene rings is 3. The van der Waals surface area contributed by atoms with Gasteiger partial charge in [-0.05, 0) is 89.7 Å². The normalized spacial score (nSPS) is 15.0. The molecule has 40 heavy (non-hydrogen) atoms. The average Bonchev–Trinajstić information content (AvgIpc) is 3.17. The summed E-state index contributed by atoms with van der Waals surface area (Å²) in [5.41, 5.74) is 5.91. The Bertz CT molecular complexity index is 1630. The highest BCUT2D eigenvalue weighted by Crippen LogP contribution is 2.44. The SMILES string of the molecule is CC1=C(CC(=O)N(C)CCN(C)S(=O)(=O)c2ccc(C)cc2)c2cc(F)ccc2/C1=C\c1ccc(S(C)=O)cc1. The summed E-state index contributed by atoms with van der Waals surface area (Å²) in [6, 6.07) is 18.6. The number of likely N-dealkylation sites (N-methyl/N-ethyl adjacent to an activating group) is 2. The number of carbonyl (C=O) groups is 1. The first-order chi connectivity index (χ1) is 18.9. The quantitative estimate of drug-likeness (QED) is 0.341. The summed E-state index contributed by atoms with van der Waals surface area (Å²) in [5, 5.41) is 0. The van der Waals surface area contributed by atoms with Crippen molar-refractivity contribution in [3.05, 3.63) is 100 Å². The van der Waals surface area contributed by atoms with Gasteiger partial charge in [0.15, 0.2) is 0 Å². The van der Waals surface area contributed by atoms with Crippen molar-refractivity contribution < 1.29 is 21.8 Å². The van der Waals surface area contributed by atoms with E-state index in [1.165, 1.54) is 28.4 Å². The molecule has 0 fully saturated rings. The van der Waals surface area contributed by atoms with E-state index < -0.39 is 20.8 Å². The summed E-state index contributed by atoms with van der Waals surface area (Å²) in [6.07, 6.45) is 3.67. The summed E-state index contributed by atoms with van der Waals surface area (Å²) >= 11 is 0. The van der Waals surface area contributed by atoms with Gasteiger partial charge in [-0.2, -0.15) is 4.31 Å². The van der Waals surface area contributed by atoms with Crippen molar-refractivity contribution in [2.75, 3.05) is 33.4 Å². The van der Waals surface area contributed by atoms with Crippen LogP contribution < -0.4 is 0 Å². The van der Waals surface area contributed by atoms with Crippen molar-refractivity contribution in [1.82, 2.24) is 9.21 Å². The lowest BCUT2D eigenvalue weighted by molar-refractivity contribution is -0.128. The molecule has 1 amide bonds. The number of halogens is 1. The number of aryl methyl sites for hydroxylation is 1. The standard InChI is InChI=1S/C31H33FN2O4S2/c1-21-6-13-26(14-7-21)40(37,38)34(4)17-16-33(3)31(35)20-29-22(2)28(27-15-10-24(32)19-30(27)29)18-23-8-11-25(12-9-23)39(5)36/h6-15,18-19H,16-17,20H2,1-5H3/b28-18-. The second-order valence-corrected chi connectivity index (χ2v) is 13.4. The van der Waals surface area contributed by atoms with Crippen LogP contribution in [0.5, 0.6) is 0 Å². The fourth-order valence-electron chi connectivity index (χ4n) is 4.62. The third-order valence-electron chi connectivity index (χ3n) is 7.21. The Hall–Kier alpha value is -3.40. The number of carbonyl (C=O) groups excluding carboxylic acids is 1. The number of sulfonamides is 1. The lowest BCUT2D eigenvalue weighted by atomic mass is 10.0. The van der Waals surface area contributed by atoms with Gasteiger partial charge >= 0.3 is 0 Å². The minimum absolute atomic E-state index is 0.0539. The Morgan fingerprint density at radius 1 is 0.925 bits per heavy atom. The van der Waals surface area contributed by atoms with Gasteiger partial charge in [-0.25, -0.2) is 12.8 Å². The fraction of sp³-hybridized carbons (Fsp3) is 0.258. The summed E-state index contributed by atoms with van der Waals surface area (Å²) in [4.78, 5) is 15.7. The highest BCUT2D eigenvalue weighted by atomic mass is 32.2. The predicted octanol–water partition coefficient (Wildman–Crippen LogP) is 5.37. The number of allylic oxidation sites excluding steroid dienone is 2. The molecule has 1 unspecified atom stereocenters. The van der Waals surface area contributed by atoms with E-state index in [1.54, 1.807) is 43.6 Å². The van der Waals surface area contributed by atoms with Gasteiger partial charge in [-0.15, -0.1) is 0 Å². The zero-order valence-corrected chi connectivity index (χ0v) is 24.9. The molecular formula is C31H33FN2O4S2. The number of rotatable bonds is 9. The molecule has 0 aromatic heterocycles. The molecule has 0 aliphatic heterocycles. The number of fused-ring (bicyclic) bond motifs is 1. The summed E-state index contributed by atoms with van der Waals surface area (Å²) in [6.45, 7) is 4.15. The van der Waals surface area contributed by atoms with Crippen LogP contribution in [0.3, 0.4) is 0 Å². The Morgan fingerprint density at radius 3 is 2.20 bits per heavy atom. The lowest BCUT2D eigenvalue weighted by Crippen LogP contribution is -2.37. The molecule has 0 saturated carbocycles. The highest BCUT2D eigenvalue weighted by Gasteiger charge is 2.27. The maximum absolute atomic E-state index is 14.3. The van der Waals surface area contributed by atoms with Crippen LogP contribution >= 0.6 is 0 Å². The Kier molecular flexibility index (Phi) is 8.87. The highest BCUT2D eigenvalue weighted by molar-refractivity contribution is 7.89. The molecule has 1 atom stereocenters. The van der Waals surface area contributed by atoms with Crippen molar-refractivity contribution >= 4 is 44.0 Å². The molecule has 0 bridgehead atoms. The molecule has 1 aliphatic carbocycles. The smallest absolute Gasteiger partial charge is 0.242 e. The molecule has 6 nitrogen and oxygen atoms in total. The molecule has 0 saturated heterocycles. The zero-order valence-electron chi connectivity index (χ0n) is 23.3. The second kappa shape index (κ2) is 12.0. The predicted molar refractivity (Wildman–Crippen MR) is 159 cm³/mol. The van der Waals surface area contributed by atoms with Gasteiger partial charge in [-0.1, -0.05) is 35.9 Å². The minimum Gasteiger partial charge on any atom is -0.344 e. The molecule has 0 radical (unpaired) electrons. The Labute approximate surface area is 238 Å². The first-order valence-corrected chi connectivity index (χ1v) is 15.8. The van der Waals surface area contributed by atoms with E-state index in [4.69, 9.17) is 0 Å². The van der Waals surface area contributed by atoms with E-state index in [9.17, 15) is 21.8 Å². The van der Waals surface area contributed by atoms with Gasteiger partial charge < -0.3 is 4.90 Å². The van der Waals surface area contributed by atoms with Crippen LogP contribution in [0.25, 0.3) is 17.2 Å². The van der Waals surface area contributed by atoms with Crippen LogP contribution in [-0.2, 0) is 25.6 Å². The van der Waals surface area contributed by atoms with E-state index in [0.29, 0.717) is 5.56 Å². The average molecular weight is 581 g/mol. The topological polar surface area (TPSA) is 74.8 Å². The van der Waals surface area contributed by atoms with Crippen LogP contribution in [0.4, 0.5) is 4.39 Å². The molecule has 1 aliphatic rings. The first-order valence-electron chi connectivity index (χ1n) is 12.8. The summed E-state index contributed by atoms with van der Waals surface area (Å²) in [5.74, 6) is -0.578. The lowest BCUT2D eigenvalue weighted by Gasteiger charge is -2.23. The second-order valence-electron chi connectivity index (χ2n) is 10.0. The van der Waals surface area contributed by atoms with Crippen molar-refractivity contribution in [3.8, 4) is 0 Å². The summed E-state index contributed by atoms with van der Waals surface area (Å²) in [7, 11) is -1.61. The molecule has 210 valence electrons. The monoisotopic (exact) mass is 580 g/mol. The minimum atomic E-state index is -3.68. The van der Waals surface area contributed by atoms with Crippen molar-refractivity contribution in [2.24, 2.45) is 0 Å². The van der Waals surface area contributed by atoms with Gasteiger partial charge in [0, 0.05) is 49.1 Å². The third-order valence-corrected chi connectivity index (χ3v) is 10.0. The van der Waals surface area contributed by atoms with E-state index in [-0.39, 0.29) is 36.1 Å². The number of hydrogen-bond acceptors (Lipinski definition) is 4. The van der Waals surface area contributed by atoms with Gasteiger partial charge in [-0.3, -0.25) is 9.00 Å². The molecule has 0 N–H and O–H groups in total. The van der Waals surface area contributed by atoms with E-state index >= 15 is 0 Å². The molecule has 3 aromatic rings. The van der Waals surface area contributed by atoms with Crippen LogP contribution in [-0.4, -0.2) is 61.2 Å². The number of hydrogen-bond donors (Lipinski definition) is 0. The molecule has 0 spiro atoms. The van der Waals surface area contributed by atoms with Gasteiger partial charge in [0.05, 0.1) is 11.3 Å². The maximum atomic E-state index is 14.3. The van der Waals surface area contributed by atoms with Crippen LogP contribution in [0.2, 0.25) is 0 Å². The van der Waals surface area contributed by atoms with E-state index in [1.807, 2.05) is 44.2 Å². The van der Waals surface area contributed by atoms with Gasteiger partial charge in [0.2, 0.25) is 15.9 Å². The molecule has 9 heteroatoms. The molecular weight excluding hydrogens is 547 g/mol. The van der Waals surface area contributed by atoms with E-state index in [2.05, 4.69) is 0 Å². The van der Waals surface area contributed by atoms with Crippen LogP contribution in [0.1, 0.15) is 35.6 Å². The van der Waals surface area contributed by atoms with Crippen molar-refractivity contribution in [3.63, 3.8) is 0 Å². The maximum Gasteiger partial charge on any atom is 0.242 e. The zero-order chi connectivity index (χ0) is 29.2. The Balaban J connectivity index is 1.52. The number of amides is 1. The van der Waals surface area contributed by atoms with Gasteiger partial charge in [0.25, 0.3) is 0 Å². The van der Waals surface area contributed by atoms with Crippen molar-refractivity contribution in [1.29, 1.82) is 0 Å². The third kappa shape index (κ3) is 6.32. The Morgan fingerprint density at radius 2 is 1.57 bits per heavy atom. The number of nitrogens with zero attached hydrogens (tertiary/aromatic N) is 2. The first kappa shape index (κ1) is 29.6. The summed E-state index contributed by atoms with van der Waals surface area (Å²) < 4.78 is 53.1. The molecule has 0 heterocycles. The van der Waals surface area contributed by atoms with Crippen LogP contribution in [0, 0.1) is 12.7 Å². The molecule has 4 rings (SSSR count).